The quantitative estimate of drug-likeness (QED) is 0.554. The Hall–Kier alpha value is -3.38. The van der Waals surface area contributed by atoms with E-state index < -0.39 is 0 Å². The molecule has 3 aromatic rings. The smallest absolute Gasteiger partial charge is 0.253 e. The number of carbonyl (C=O) groups excluding carboxylic acids is 1. The molecule has 0 N–H and O–H groups in total. The summed E-state index contributed by atoms with van der Waals surface area (Å²) < 4.78 is 25.1. The monoisotopic (exact) mass is 434 g/mol. The lowest BCUT2D eigenvalue weighted by atomic mass is 10.1. The SMILES string of the molecule is COc1ccccc1OCc1cccc(C(=O)N2CCN(Cc3ccccc3F)CC2)c1. The highest BCUT2D eigenvalue weighted by Crippen LogP contribution is 2.26. The van der Waals surface area contributed by atoms with Crippen LogP contribution in [0.5, 0.6) is 11.5 Å². The molecular weight excluding hydrogens is 407 g/mol. The van der Waals surface area contributed by atoms with E-state index in [9.17, 15) is 9.18 Å². The van der Waals surface area contributed by atoms with Gasteiger partial charge in [0, 0.05) is 43.9 Å². The molecular formula is C26H27FN2O3. The number of piperazine rings is 1. The molecule has 1 saturated heterocycles. The van der Waals surface area contributed by atoms with Crippen molar-refractivity contribution in [3.63, 3.8) is 0 Å². The van der Waals surface area contributed by atoms with Crippen molar-refractivity contribution in [2.24, 2.45) is 0 Å². The van der Waals surface area contributed by atoms with Crippen LogP contribution >= 0.6 is 0 Å². The lowest BCUT2D eigenvalue weighted by Gasteiger charge is -2.35. The highest BCUT2D eigenvalue weighted by molar-refractivity contribution is 5.94. The second-order valence-corrected chi connectivity index (χ2v) is 7.80. The van der Waals surface area contributed by atoms with Gasteiger partial charge in [0.2, 0.25) is 0 Å². The highest BCUT2D eigenvalue weighted by atomic mass is 19.1. The molecule has 1 aliphatic heterocycles. The first-order valence-electron chi connectivity index (χ1n) is 10.7. The Morgan fingerprint density at radius 1 is 0.906 bits per heavy atom. The van der Waals surface area contributed by atoms with Crippen LogP contribution in [0.3, 0.4) is 0 Å². The minimum atomic E-state index is -0.182. The van der Waals surface area contributed by atoms with Gasteiger partial charge in [-0.25, -0.2) is 4.39 Å². The van der Waals surface area contributed by atoms with Crippen LogP contribution in [0.4, 0.5) is 4.39 Å². The topological polar surface area (TPSA) is 42.0 Å². The van der Waals surface area contributed by atoms with E-state index in [1.807, 2.05) is 65.6 Å². The molecule has 166 valence electrons. The van der Waals surface area contributed by atoms with Gasteiger partial charge in [0.25, 0.3) is 5.91 Å². The highest BCUT2D eigenvalue weighted by Gasteiger charge is 2.23. The fourth-order valence-corrected chi connectivity index (χ4v) is 3.85. The van der Waals surface area contributed by atoms with Gasteiger partial charge in [-0.05, 0) is 35.9 Å². The number of benzene rings is 3. The summed E-state index contributed by atoms with van der Waals surface area (Å²) in [6.45, 7) is 3.58. The third-order valence-corrected chi connectivity index (χ3v) is 5.65. The molecule has 1 aliphatic rings. The number of hydrogen-bond donors (Lipinski definition) is 0. The third-order valence-electron chi connectivity index (χ3n) is 5.65. The number of carbonyl (C=O) groups is 1. The zero-order chi connectivity index (χ0) is 22.3. The molecule has 0 saturated carbocycles. The number of methoxy groups -OCH3 is 1. The maximum Gasteiger partial charge on any atom is 0.253 e. The molecule has 1 amide bonds. The number of halogens is 1. The molecule has 6 heteroatoms. The lowest BCUT2D eigenvalue weighted by molar-refractivity contribution is 0.0627. The summed E-state index contributed by atoms with van der Waals surface area (Å²) in [7, 11) is 1.61. The van der Waals surface area contributed by atoms with Crippen molar-refractivity contribution in [1.29, 1.82) is 0 Å². The number of amides is 1. The van der Waals surface area contributed by atoms with Gasteiger partial charge in [0.15, 0.2) is 11.5 Å². The van der Waals surface area contributed by atoms with Gasteiger partial charge >= 0.3 is 0 Å². The van der Waals surface area contributed by atoms with Crippen LogP contribution in [0, 0.1) is 5.82 Å². The molecule has 3 aromatic carbocycles. The van der Waals surface area contributed by atoms with Crippen LogP contribution < -0.4 is 9.47 Å². The van der Waals surface area contributed by atoms with Gasteiger partial charge in [-0.3, -0.25) is 9.69 Å². The summed E-state index contributed by atoms with van der Waals surface area (Å²) in [5.41, 5.74) is 2.25. The Morgan fingerprint density at radius 3 is 2.38 bits per heavy atom. The zero-order valence-electron chi connectivity index (χ0n) is 18.2. The Labute approximate surface area is 188 Å². The second-order valence-electron chi connectivity index (χ2n) is 7.80. The Kier molecular flexibility index (Phi) is 7.02. The fraction of sp³-hybridized carbons (Fsp3) is 0.269. The average molecular weight is 435 g/mol. The summed E-state index contributed by atoms with van der Waals surface area (Å²) in [6.07, 6.45) is 0. The van der Waals surface area contributed by atoms with E-state index >= 15 is 0 Å². The van der Waals surface area contributed by atoms with Crippen LogP contribution in [0.2, 0.25) is 0 Å². The van der Waals surface area contributed by atoms with Gasteiger partial charge in [-0.15, -0.1) is 0 Å². The molecule has 0 spiro atoms. The van der Waals surface area contributed by atoms with Crippen LogP contribution in [0.25, 0.3) is 0 Å². The van der Waals surface area contributed by atoms with Crippen molar-refractivity contribution in [3.8, 4) is 11.5 Å². The van der Waals surface area contributed by atoms with Crippen LogP contribution in [0.15, 0.2) is 72.8 Å². The van der Waals surface area contributed by atoms with Crippen molar-refractivity contribution in [3.05, 3.63) is 95.3 Å². The normalized spacial score (nSPS) is 14.2. The molecule has 1 fully saturated rings. The molecule has 0 radical (unpaired) electrons. The van der Waals surface area contributed by atoms with Crippen molar-refractivity contribution in [1.82, 2.24) is 9.80 Å². The van der Waals surface area contributed by atoms with Crippen molar-refractivity contribution in [2.45, 2.75) is 13.2 Å². The summed E-state index contributed by atoms with van der Waals surface area (Å²) in [4.78, 5) is 17.1. The summed E-state index contributed by atoms with van der Waals surface area (Å²) in [6, 6.07) is 21.9. The van der Waals surface area contributed by atoms with E-state index in [2.05, 4.69) is 4.90 Å². The van der Waals surface area contributed by atoms with E-state index in [0.29, 0.717) is 48.9 Å². The van der Waals surface area contributed by atoms with Crippen molar-refractivity contribution < 1.29 is 18.7 Å². The number of ether oxygens (including phenoxy) is 2. The molecule has 5 nitrogen and oxygen atoms in total. The predicted octanol–water partition coefficient (Wildman–Crippen LogP) is 4.37. The third kappa shape index (κ3) is 5.26. The number of para-hydroxylation sites is 2. The molecule has 0 bridgehead atoms. The fourth-order valence-electron chi connectivity index (χ4n) is 3.85. The van der Waals surface area contributed by atoms with E-state index in [4.69, 9.17) is 9.47 Å². The van der Waals surface area contributed by atoms with Gasteiger partial charge < -0.3 is 14.4 Å². The average Bonchev–Trinajstić information content (AvgIpc) is 2.84. The van der Waals surface area contributed by atoms with E-state index in [1.165, 1.54) is 6.07 Å². The largest absolute Gasteiger partial charge is 0.493 e. The minimum absolute atomic E-state index is 0.00897. The van der Waals surface area contributed by atoms with E-state index in [0.717, 1.165) is 18.7 Å². The molecule has 1 heterocycles. The molecule has 0 unspecified atom stereocenters. The van der Waals surface area contributed by atoms with Gasteiger partial charge in [-0.2, -0.15) is 0 Å². The first-order valence-corrected chi connectivity index (χ1v) is 10.7. The molecule has 0 aliphatic carbocycles. The van der Waals surface area contributed by atoms with Crippen molar-refractivity contribution in [2.75, 3.05) is 33.3 Å². The Bertz CT molecular complexity index is 1060. The van der Waals surface area contributed by atoms with Gasteiger partial charge in [-0.1, -0.05) is 42.5 Å². The maximum atomic E-state index is 13.9. The van der Waals surface area contributed by atoms with Crippen LogP contribution in [-0.2, 0) is 13.2 Å². The molecule has 0 atom stereocenters. The second kappa shape index (κ2) is 10.3. The minimum Gasteiger partial charge on any atom is -0.493 e. The summed E-state index contributed by atoms with van der Waals surface area (Å²) >= 11 is 0. The van der Waals surface area contributed by atoms with Crippen LogP contribution in [-0.4, -0.2) is 49.0 Å². The summed E-state index contributed by atoms with van der Waals surface area (Å²) in [5, 5.41) is 0. The zero-order valence-corrected chi connectivity index (χ0v) is 18.2. The molecule has 4 rings (SSSR count). The van der Waals surface area contributed by atoms with E-state index in [1.54, 1.807) is 13.2 Å². The first kappa shape index (κ1) is 21.8. The first-order chi connectivity index (χ1) is 15.6. The van der Waals surface area contributed by atoms with E-state index in [-0.39, 0.29) is 11.7 Å². The van der Waals surface area contributed by atoms with Gasteiger partial charge in [0.1, 0.15) is 12.4 Å². The standard InChI is InChI=1S/C26H27FN2O3/c1-31-24-11-4-5-12-25(24)32-19-20-7-6-9-21(17-20)26(30)29-15-13-28(14-16-29)18-22-8-2-3-10-23(22)27/h2-12,17H,13-16,18-19H2,1H3. The van der Waals surface area contributed by atoms with Gasteiger partial charge in [0.05, 0.1) is 7.11 Å². The maximum absolute atomic E-state index is 13.9. The molecule has 32 heavy (non-hydrogen) atoms. The predicted molar refractivity (Wildman–Crippen MR) is 121 cm³/mol. The number of rotatable bonds is 7. The number of hydrogen-bond acceptors (Lipinski definition) is 4. The Morgan fingerprint density at radius 2 is 1.62 bits per heavy atom. The Balaban J connectivity index is 1.33. The van der Waals surface area contributed by atoms with Crippen LogP contribution in [0.1, 0.15) is 21.5 Å². The number of nitrogens with zero attached hydrogens (tertiary/aromatic N) is 2. The summed E-state index contributed by atoms with van der Waals surface area (Å²) in [5.74, 6) is 1.17. The lowest BCUT2D eigenvalue weighted by Crippen LogP contribution is -2.48. The molecule has 0 aromatic heterocycles. The van der Waals surface area contributed by atoms with Crippen molar-refractivity contribution >= 4 is 5.91 Å².